The summed E-state index contributed by atoms with van der Waals surface area (Å²) < 4.78 is 1.44. The van der Waals surface area contributed by atoms with E-state index < -0.39 is 0 Å². The van der Waals surface area contributed by atoms with Gasteiger partial charge in [0.05, 0.1) is 6.54 Å². The maximum atomic E-state index is 12.0. The molecule has 2 aromatic heterocycles. The number of hydrogen-bond acceptors (Lipinski definition) is 4. The van der Waals surface area contributed by atoms with Crippen molar-refractivity contribution < 1.29 is 4.79 Å². The van der Waals surface area contributed by atoms with E-state index in [1.807, 2.05) is 19.9 Å². The molecule has 0 unspecified atom stereocenters. The highest BCUT2D eigenvalue weighted by atomic mass is 32.1. The Balaban J connectivity index is 2.24. The number of carbonyl (C=O) groups is 1. The highest BCUT2D eigenvalue weighted by molar-refractivity contribution is 7.12. The van der Waals surface area contributed by atoms with Crippen LogP contribution in [-0.2, 0) is 6.54 Å². The van der Waals surface area contributed by atoms with Crippen LogP contribution < -0.4 is 4.87 Å². The van der Waals surface area contributed by atoms with Gasteiger partial charge in [0.1, 0.15) is 0 Å². The fourth-order valence-corrected chi connectivity index (χ4v) is 3.08. The molecule has 2 aromatic rings. The maximum Gasteiger partial charge on any atom is 0.307 e. The molecule has 0 radical (unpaired) electrons. The number of thiazole rings is 1. The smallest absolute Gasteiger partial charge is 0.298 e. The van der Waals surface area contributed by atoms with Gasteiger partial charge in [-0.15, -0.1) is 11.3 Å². The van der Waals surface area contributed by atoms with Crippen molar-refractivity contribution in [2.45, 2.75) is 20.4 Å². The van der Waals surface area contributed by atoms with Crippen LogP contribution in [0.2, 0.25) is 0 Å². The van der Waals surface area contributed by atoms with Gasteiger partial charge >= 0.3 is 4.87 Å². The predicted octanol–water partition coefficient (Wildman–Crippen LogP) is 2.47. The highest BCUT2D eigenvalue weighted by Gasteiger charge is 2.13. The van der Waals surface area contributed by atoms with Crippen molar-refractivity contribution in [2.24, 2.45) is 0 Å². The fourth-order valence-electron chi connectivity index (χ4n) is 1.56. The van der Waals surface area contributed by atoms with Gasteiger partial charge < -0.3 is 0 Å². The summed E-state index contributed by atoms with van der Waals surface area (Å²) in [5.74, 6) is 0.00218. The summed E-state index contributed by atoms with van der Waals surface area (Å²) in [6.45, 7) is 4.05. The van der Waals surface area contributed by atoms with E-state index in [0.717, 1.165) is 26.7 Å². The topological polar surface area (TPSA) is 39.1 Å². The van der Waals surface area contributed by atoms with Gasteiger partial charge in [0.25, 0.3) is 0 Å². The molecule has 2 heterocycles. The molecule has 0 aromatic carbocycles. The van der Waals surface area contributed by atoms with E-state index in [4.69, 9.17) is 0 Å². The first-order valence-corrected chi connectivity index (χ1v) is 6.51. The number of carbonyl (C=O) groups excluding carboxylic acids is 1. The number of aromatic nitrogens is 1. The number of ketones is 1. The summed E-state index contributed by atoms with van der Waals surface area (Å²) in [4.78, 5) is 25.3. The molecule has 0 bridgehead atoms. The molecule has 5 heteroatoms. The lowest BCUT2D eigenvalue weighted by Crippen LogP contribution is -2.18. The van der Waals surface area contributed by atoms with Gasteiger partial charge in [-0.3, -0.25) is 14.2 Å². The van der Waals surface area contributed by atoms with Crippen LogP contribution in [0.15, 0.2) is 22.4 Å². The number of hydrogen-bond donors (Lipinski definition) is 0. The Bertz CT molecular complexity index is 577. The van der Waals surface area contributed by atoms with E-state index in [2.05, 4.69) is 0 Å². The normalized spacial score (nSPS) is 10.6. The molecular formula is C11H11NO2S2. The third kappa shape index (κ3) is 2.15. The molecule has 0 saturated carbocycles. The van der Waals surface area contributed by atoms with Crippen molar-refractivity contribution in [1.82, 2.24) is 4.57 Å². The molecule has 0 aliphatic carbocycles. The fraction of sp³-hybridized carbons (Fsp3) is 0.273. The van der Waals surface area contributed by atoms with E-state index in [-0.39, 0.29) is 17.2 Å². The summed E-state index contributed by atoms with van der Waals surface area (Å²) in [5.41, 5.74) is 0.737. The summed E-state index contributed by atoms with van der Waals surface area (Å²) in [7, 11) is 0. The van der Waals surface area contributed by atoms with Crippen molar-refractivity contribution >= 4 is 28.5 Å². The third-order valence-corrected chi connectivity index (χ3v) is 3.96. The first-order valence-electron chi connectivity index (χ1n) is 4.82. The molecule has 2 rings (SSSR count). The van der Waals surface area contributed by atoms with Crippen molar-refractivity contribution in [2.75, 3.05) is 0 Å². The van der Waals surface area contributed by atoms with Gasteiger partial charge in [-0.2, -0.15) is 0 Å². The Morgan fingerprint density at radius 3 is 2.69 bits per heavy atom. The van der Waals surface area contributed by atoms with Gasteiger partial charge in [-0.25, -0.2) is 0 Å². The summed E-state index contributed by atoms with van der Waals surface area (Å²) in [6.07, 6.45) is 1.65. The van der Waals surface area contributed by atoms with Crippen molar-refractivity contribution in [3.8, 4) is 0 Å². The molecule has 84 valence electrons. The molecule has 0 fully saturated rings. The second-order valence-electron chi connectivity index (χ2n) is 3.55. The van der Waals surface area contributed by atoms with Crippen LogP contribution in [0.5, 0.6) is 0 Å². The van der Waals surface area contributed by atoms with Gasteiger partial charge in [0.15, 0.2) is 5.78 Å². The first kappa shape index (κ1) is 11.3. The number of thiophene rings is 1. The minimum absolute atomic E-state index is 0.00218. The third-order valence-electron chi connectivity index (χ3n) is 2.30. The first-order chi connectivity index (χ1) is 7.58. The van der Waals surface area contributed by atoms with Crippen LogP contribution >= 0.6 is 22.7 Å². The SMILES string of the molecule is Cc1cc(C(=O)Cn2ccsc2=O)c(C)s1. The van der Waals surface area contributed by atoms with Gasteiger partial charge in [0.2, 0.25) is 0 Å². The van der Waals surface area contributed by atoms with E-state index in [0.29, 0.717) is 0 Å². The maximum absolute atomic E-state index is 12.0. The predicted molar refractivity (Wildman–Crippen MR) is 66.7 cm³/mol. The minimum Gasteiger partial charge on any atom is -0.298 e. The quantitative estimate of drug-likeness (QED) is 0.788. The molecule has 0 N–H and O–H groups in total. The molecule has 3 nitrogen and oxygen atoms in total. The van der Waals surface area contributed by atoms with Gasteiger partial charge in [0, 0.05) is 26.9 Å². The molecular weight excluding hydrogens is 242 g/mol. The Morgan fingerprint density at radius 1 is 1.44 bits per heavy atom. The van der Waals surface area contributed by atoms with E-state index in [9.17, 15) is 9.59 Å². The average molecular weight is 253 g/mol. The number of rotatable bonds is 3. The Hall–Kier alpha value is -1.20. The number of aryl methyl sites for hydroxylation is 2. The van der Waals surface area contributed by atoms with E-state index in [1.54, 1.807) is 22.9 Å². The molecule has 0 aliphatic rings. The lowest BCUT2D eigenvalue weighted by molar-refractivity contribution is 0.0971. The Morgan fingerprint density at radius 2 is 2.19 bits per heavy atom. The zero-order chi connectivity index (χ0) is 11.7. The molecule has 16 heavy (non-hydrogen) atoms. The van der Waals surface area contributed by atoms with Crippen molar-refractivity contribution in [3.05, 3.63) is 42.6 Å². The van der Waals surface area contributed by atoms with E-state index in [1.165, 1.54) is 4.57 Å². The zero-order valence-corrected chi connectivity index (χ0v) is 10.7. The molecule has 0 aliphatic heterocycles. The van der Waals surface area contributed by atoms with Gasteiger partial charge in [-0.1, -0.05) is 11.3 Å². The average Bonchev–Trinajstić information content (AvgIpc) is 2.74. The van der Waals surface area contributed by atoms with Crippen LogP contribution in [0, 0.1) is 13.8 Å². The van der Waals surface area contributed by atoms with E-state index >= 15 is 0 Å². The Labute approximate surface area is 101 Å². The van der Waals surface area contributed by atoms with Crippen LogP contribution in [-0.4, -0.2) is 10.4 Å². The summed E-state index contributed by atoms with van der Waals surface area (Å²) in [6, 6.07) is 1.89. The van der Waals surface area contributed by atoms with Gasteiger partial charge in [-0.05, 0) is 19.9 Å². The van der Waals surface area contributed by atoms with Crippen LogP contribution in [0.3, 0.4) is 0 Å². The van der Waals surface area contributed by atoms with Crippen LogP contribution in [0.1, 0.15) is 20.1 Å². The van der Waals surface area contributed by atoms with Crippen molar-refractivity contribution in [1.29, 1.82) is 0 Å². The highest BCUT2D eigenvalue weighted by Crippen LogP contribution is 2.21. The largest absolute Gasteiger partial charge is 0.307 e. The second kappa shape index (κ2) is 4.35. The second-order valence-corrected chi connectivity index (χ2v) is 5.86. The lowest BCUT2D eigenvalue weighted by Gasteiger charge is -1.99. The summed E-state index contributed by atoms with van der Waals surface area (Å²) >= 11 is 2.72. The van der Waals surface area contributed by atoms with Crippen LogP contribution in [0.4, 0.5) is 0 Å². The lowest BCUT2D eigenvalue weighted by atomic mass is 10.1. The molecule has 0 saturated heterocycles. The minimum atomic E-state index is -0.0852. The monoisotopic (exact) mass is 253 g/mol. The number of nitrogens with zero attached hydrogens (tertiary/aromatic N) is 1. The standard InChI is InChI=1S/C11H11NO2S2/c1-7-5-9(8(2)16-7)10(13)6-12-3-4-15-11(12)14/h3-5H,6H2,1-2H3. The molecule has 0 spiro atoms. The van der Waals surface area contributed by atoms with Crippen LogP contribution in [0.25, 0.3) is 0 Å². The number of Topliss-reactive ketones (excluding diaryl/α,β-unsaturated/α-hetero) is 1. The van der Waals surface area contributed by atoms with Crippen molar-refractivity contribution in [3.63, 3.8) is 0 Å². The molecule has 0 atom stereocenters. The molecule has 0 amide bonds. The summed E-state index contributed by atoms with van der Waals surface area (Å²) in [5, 5.41) is 1.70. The Kier molecular flexibility index (Phi) is 3.07. The zero-order valence-electron chi connectivity index (χ0n) is 9.02.